The van der Waals surface area contributed by atoms with E-state index in [0.29, 0.717) is 11.9 Å². The molecule has 0 aliphatic heterocycles. The highest BCUT2D eigenvalue weighted by Crippen LogP contribution is 2.20. The fourth-order valence-electron chi connectivity index (χ4n) is 1.33. The molecule has 0 unspecified atom stereocenters. The van der Waals surface area contributed by atoms with Crippen LogP contribution < -0.4 is 5.73 Å². The minimum absolute atomic E-state index is 0.211. The zero-order valence-corrected chi connectivity index (χ0v) is 9.76. The van der Waals surface area contributed by atoms with Crippen molar-refractivity contribution in [3.63, 3.8) is 0 Å². The zero-order chi connectivity index (χ0) is 12.7. The lowest BCUT2D eigenvalue weighted by Gasteiger charge is -1.96. The second-order valence-corrected chi connectivity index (χ2v) is 3.57. The highest BCUT2D eigenvalue weighted by Gasteiger charge is 1.96. The number of hydrogen-bond acceptors (Lipinski definition) is 3. The first kappa shape index (κ1) is 13.0. The predicted molar refractivity (Wildman–Crippen MR) is 67.5 cm³/mol. The third-order valence-electron chi connectivity index (χ3n) is 2.11. The second kappa shape index (κ2) is 6.48. The number of rotatable bonds is 2. The number of pyridine rings is 1. The molecular weight excluding hydrogens is 216 g/mol. The molecule has 0 saturated carbocycles. The summed E-state index contributed by atoms with van der Waals surface area (Å²) in [5.41, 5.74) is 5.43. The van der Waals surface area contributed by atoms with E-state index in [4.69, 9.17) is 5.73 Å². The maximum Gasteiger partial charge on any atom is 0.217 e. The monoisotopic (exact) mass is 232 g/mol. The molecule has 1 heterocycles. The van der Waals surface area contributed by atoms with Gasteiger partial charge in [-0.1, -0.05) is 25.1 Å². The van der Waals surface area contributed by atoms with Crippen LogP contribution in [0.5, 0.6) is 5.75 Å². The molecule has 4 nitrogen and oxygen atoms in total. The van der Waals surface area contributed by atoms with Crippen molar-refractivity contribution in [1.82, 2.24) is 4.98 Å². The van der Waals surface area contributed by atoms with Crippen LogP contribution in [0.1, 0.15) is 19.8 Å². The van der Waals surface area contributed by atoms with E-state index in [9.17, 15) is 9.90 Å². The number of benzene rings is 1. The van der Waals surface area contributed by atoms with E-state index >= 15 is 0 Å². The van der Waals surface area contributed by atoms with Gasteiger partial charge >= 0.3 is 0 Å². The van der Waals surface area contributed by atoms with Crippen LogP contribution in [0.15, 0.2) is 36.5 Å². The number of carbonyl (C=O) groups is 1. The quantitative estimate of drug-likeness (QED) is 0.833. The van der Waals surface area contributed by atoms with E-state index in [2.05, 4.69) is 4.98 Å². The number of nitrogens with zero attached hydrogens (tertiary/aromatic N) is 1. The van der Waals surface area contributed by atoms with Crippen LogP contribution in [0.4, 0.5) is 0 Å². The topological polar surface area (TPSA) is 76.2 Å². The lowest BCUT2D eigenvalue weighted by atomic mass is 10.2. The molecule has 1 amide bonds. The van der Waals surface area contributed by atoms with Crippen molar-refractivity contribution >= 4 is 16.8 Å². The number of para-hydroxylation sites is 1. The van der Waals surface area contributed by atoms with E-state index in [1.165, 1.54) is 0 Å². The van der Waals surface area contributed by atoms with Crippen molar-refractivity contribution in [2.24, 2.45) is 5.73 Å². The first-order chi connectivity index (χ1) is 8.15. The molecule has 0 spiro atoms. The highest BCUT2D eigenvalue weighted by molar-refractivity contribution is 5.83. The molecule has 4 heteroatoms. The smallest absolute Gasteiger partial charge is 0.217 e. The third kappa shape index (κ3) is 4.10. The molecule has 17 heavy (non-hydrogen) atoms. The molecule has 0 aliphatic rings. The number of nitrogens with two attached hydrogens (primary N) is 1. The Morgan fingerprint density at radius 2 is 2.06 bits per heavy atom. The Labute approximate surface area is 100 Å². The van der Waals surface area contributed by atoms with Gasteiger partial charge in [0.25, 0.3) is 0 Å². The Morgan fingerprint density at radius 1 is 1.35 bits per heavy atom. The highest BCUT2D eigenvalue weighted by atomic mass is 16.3. The minimum Gasteiger partial charge on any atom is -0.506 e. The van der Waals surface area contributed by atoms with Crippen molar-refractivity contribution < 1.29 is 9.90 Å². The molecule has 2 rings (SSSR count). The Morgan fingerprint density at radius 3 is 2.59 bits per heavy atom. The van der Waals surface area contributed by atoms with Crippen LogP contribution >= 0.6 is 0 Å². The van der Waals surface area contributed by atoms with Gasteiger partial charge in [0.2, 0.25) is 5.91 Å². The largest absolute Gasteiger partial charge is 0.506 e. The molecule has 90 valence electrons. The average Bonchev–Trinajstić information content (AvgIpc) is 2.30. The van der Waals surface area contributed by atoms with Gasteiger partial charge in [0.15, 0.2) is 0 Å². The molecule has 0 atom stereocenters. The van der Waals surface area contributed by atoms with Crippen LogP contribution in [0.25, 0.3) is 10.9 Å². The van der Waals surface area contributed by atoms with Gasteiger partial charge in [-0.3, -0.25) is 9.78 Å². The average molecular weight is 232 g/mol. The minimum atomic E-state index is -0.211. The lowest BCUT2D eigenvalue weighted by molar-refractivity contribution is -0.118. The molecule has 3 N–H and O–H groups in total. The summed E-state index contributed by atoms with van der Waals surface area (Å²) < 4.78 is 0. The van der Waals surface area contributed by atoms with E-state index in [0.717, 1.165) is 11.8 Å². The van der Waals surface area contributed by atoms with Crippen LogP contribution in [0.3, 0.4) is 0 Å². The summed E-state index contributed by atoms with van der Waals surface area (Å²) >= 11 is 0. The fourth-order valence-corrected chi connectivity index (χ4v) is 1.33. The maximum atomic E-state index is 9.82. The van der Waals surface area contributed by atoms with Gasteiger partial charge in [-0.15, -0.1) is 0 Å². The van der Waals surface area contributed by atoms with Crippen molar-refractivity contribution in [1.29, 1.82) is 0 Å². The Balaban J connectivity index is 0.000000209. The zero-order valence-electron chi connectivity index (χ0n) is 9.76. The molecule has 1 aromatic heterocycles. The summed E-state index contributed by atoms with van der Waals surface area (Å²) in [6.07, 6.45) is 3.04. The van der Waals surface area contributed by atoms with Gasteiger partial charge in [0.05, 0.1) is 0 Å². The first-order valence-electron chi connectivity index (χ1n) is 5.46. The van der Waals surface area contributed by atoms with Crippen molar-refractivity contribution in [3.05, 3.63) is 36.5 Å². The van der Waals surface area contributed by atoms with Gasteiger partial charge in [-0.2, -0.15) is 0 Å². The molecule has 1 aromatic carbocycles. The third-order valence-corrected chi connectivity index (χ3v) is 2.11. The number of aromatic hydroxyl groups is 1. The number of amides is 1. The number of primary amides is 1. The van der Waals surface area contributed by atoms with Gasteiger partial charge < -0.3 is 10.8 Å². The molecule has 0 aliphatic carbocycles. The number of aromatic nitrogens is 1. The van der Waals surface area contributed by atoms with Gasteiger partial charge in [0.1, 0.15) is 11.3 Å². The van der Waals surface area contributed by atoms with Crippen LogP contribution in [-0.4, -0.2) is 16.0 Å². The summed E-state index contributed by atoms with van der Waals surface area (Å²) in [4.78, 5) is 13.9. The van der Waals surface area contributed by atoms with E-state index in [1.54, 1.807) is 18.3 Å². The molecule has 0 fully saturated rings. The van der Waals surface area contributed by atoms with Gasteiger partial charge in [-0.25, -0.2) is 0 Å². The van der Waals surface area contributed by atoms with Crippen molar-refractivity contribution in [2.75, 3.05) is 0 Å². The van der Waals surface area contributed by atoms with E-state index in [1.807, 2.05) is 25.1 Å². The number of phenolic OH excluding ortho intramolecular Hbond substituents is 1. The maximum absolute atomic E-state index is 9.82. The molecule has 2 aromatic rings. The first-order valence-corrected chi connectivity index (χ1v) is 5.46. The van der Waals surface area contributed by atoms with Crippen molar-refractivity contribution in [3.8, 4) is 5.75 Å². The standard InChI is InChI=1S/C9H7NO.C4H9NO/c11-8-5-1-3-7-4-2-6-10-9(7)8;1-2-3-4(5)6/h1-6,11H;2-3H2,1H3,(H2,5,6). The van der Waals surface area contributed by atoms with Crippen molar-refractivity contribution in [2.45, 2.75) is 19.8 Å². The second-order valence-electron chi connectivity index (χ2n) is 3.57. The SMILES string of the molecule is CCCC(N)=O.Oc1cccc2cccnc12. The van der Waals surface area contributed by atoms with E-state index in [-0.39, 0.29) is 11.7 Å². The van der Waals surface area contributed by atoms with Crippen LogP contribution in [0.2, 0.25) is 0 Å². The number of hydrogen-bond donors (Lipinski definition) is 2. The number of phenols is 1. The Hall–Kier alpha value is -2.10. The van der Waals surface area contributed by atoms with Gasteiger partial charge in [-0.05, 0) is 18.6 Å². The fraction of sp³-hybridized carbons (Fsp3) is 0.231. The molecular formula is C13H16N2O2. The summed E-state index contributed by atoms with van der Waals surface area (Å²) in [7, 11) is 0. The Kier molecular flexibility index (Phi) is 4.94. The summed E-state index contributed by atoms with van der Waals surface area (Å²) in [5.74, 6) is 0.0283. The summed E-state index contributed by atoms with van der Waals surface area (Å²) in [6, 6.07) is 9.13. The van der Waals surface area contributed by atoms with Gasteiger partial charge in [0, 0.05) is 18.0 Å². The molecule has 0 bridgehead atoms. The normalized spacial score (nSPS) is 9.47. The lowest BCUT2D eigenvalue weighted by Crippen LogP contribution is -2.08. The predicted octanol–water partition coefficient (Wildman–Crippen LogP) is 2.21. The molecule has 0 radical (unpaired) electrons. The summed E-state index contributed by atoms with van der Waals surface area (Å²) in [6.45, 7) is 1.92. The summed E-state index contributed by atoms with van der Waals surface area (Å²) in [5, 5.41) is 10.3. The van der Waals surface area contributed by atoms with Crippen LogP contribution in [-0.2, 0) is 4.79 Å². The number of fused-ring (bicyclic) bond motifs is 1. The number of carbonyl (C=O) groups excluding carboxylic acids is 1. The Bertz CT molecular complexity index is 492. The van der Waals surface area contributed by atoms with Crippen LogP contribution in [0, 0.1) is 0 Å². The van der Waals surface area contributed by atoms with E-state index < -0.39 is 0 Å². The molecule has 0 saturated heterocycles.